The maximum atomic E-state index is 5.43. The lowest BCUT2D eigenvalue weighted by Gasteiger charge is -2.17. The molecule has 0 unspecified atom stereocenters. The third-order valence-electron chi connectivity index (χ3n) is 3.68. The summed E-state index contributed by atoms with van der Waals surface area (Å²) in [6.07, 6.45) is 1.14. The molecule has 0 saturated carbocycles. The molecule has 0 fully saturated rings. The molecule has 0 aliphatic heterocycles. The van der Waals surface area contributed by atoms with Crippen molar-refractivity contribution in [3.63, 3.8) is 0 Å². The van der Waals surface area contributed by atoms with Gasteiger partial charge in [0.15, 0.2) is 4.77 Å². The molecular weight excluding hydrogens is 254 g/mol. The molecule has 19 heavy (non-hydrogen) atoms. The van der Waals surface area contributed by atoms with Crippen molar-refractivity contribution in [2.24, 2.45) is 0 Å². The van der Waals surface area contributed by atoms with E-state index in [-0.39, 0.29) is 0 Å². The number of imidazole rings is 1. The highest BCUT2D eigenvalue weighted by molar-refractivity contribution is 7.71. The predicted molar refractivity (Wildman–Crippen MR) is 84.3 cm³/mol. The van der Waals surface area contributed by atoms with Crippen LogP contribution in [0.4, 0.5) is 0 Å². The van der Waals surface area contributed by atoms with Crippen molar-refractivity contribution in [3.8, 4) is 0 Å². The van der Waals surface area contributed by atoms with Gasteiger partial charge in [0.05, 0.1) is 11.0 Å². The lowest BCUT2D eigenvalue weighted by atomic mass is 10.2. The van der Waals surface area contributed by atoms with Crippen molar-refractivity contribution in [1.82, 2.24) is 14.5 Å². The van der Waals surface area contributed by atoms with Crippen LogP contribution in [0.2, 0.25) is 0 Å². The zero-order valence-electron chi connectivity index (χ0n) is 12.1. The Balaban J connectivity index is 2.12. The fourth-order valence-corrected chi connectivity index (χ4v) is 2.79. The SMILES string of the molecule is CCN(CC)CCCn1c(=S)[nH]c2cc(C)ccc21. The first kappa shape index (κ1) is 14.3. The van der Waals surface area contributed by atoms with E-state index < -0.39 is 0 Å². The van der Waals surface area contributed by atoms with Crippen molar-refractivity contribution in [1.29, 1.82) is 0 Å². The second kappa shape index (κ2) is 6.35. The molecule has 0 bridgehead atoms. The molecular formula is C15H23N3S. The van der Waals surface area contributed by atoms with E-state index in [9.17, 15) is 0 Å². The van der Waals surface area contributed by atoms with Crippen LogP contribution in [0.3, 0.4) is 0 Å². The molecule has 0 atom stereocenters. The Morgan fingerprint density at radius 1 is 1.26 bits per heavy atom. The van der Waals surface area contributed by atoms with Gasteiger partial charge in [-0.05, 0) is 62.9 Å². The van der Waals surface area contributed by atoms with Gasteiger partial charge in [0.25, 0.3) is 0 Å². The normalized spacial score (nSPS) is 11.6. The summed E-state index contributed by atoms with van der Waals surface area (Å²) in [7, 11) is 0. The zero-order valence-corrected chi connectivity index (χ0v) is 12.9. The van der Waals surface area contributed by atoms with Crippen molar-refractivity contribution in [3.05, 3.63) is 28.5 Å². The topological polar surface area (TPSA) is 24.0 Å². The Kier molecular flexibility index (Phi) is 4.77. The monoisotopic (exact) mass is 277 g/mol. The minimum atomic E-state index is 0.833. The van der Waals surface area contributed by atoms with Crippen LogP contribution in [0, 0.1) is 11.7 Å². The Morgan fingerprint density at radius 2 is 2.00 bits per heavy atom. The van der Waals surface area contributed by atoms with E-state index in [0.29, 0.717) is 0 Å². The number of nitrogens with zero attached hydrogens (tertiary/aromatic N) is 2. The molecule has 104 valence electrons. The Morgan fingerprint density at radius 3 is 2.68 bits per heavy atom. The van der Waals surface area contributed by atoms with Crippen LogP contribution in [0.1, 0.15) is 25.8 Å². The van der Waals surface area contributed by atoms with E-state index in [1.807, 2.05) is 0 Å². The van der Waals surface area contributed by atoms with Gasteiger partial charge in [0.1, 0.15) is 0 Å². The number of hydrogen-bond acceptors (Lipinski definition) is 2. The second-order valence-electron chi connectivity index (χ2n) is 4.98. The summed E-state index contributed by atoms with van der Waals surface area (Å²) in [6, 6.07) is 6.46. The van der Waals surface area contributed by atoms with Crippen molar-refractivity contribution in [2.75, 3.05) is 19.6 Å². The first-order valence-electron chi connectivity index (χ1n) is 7.07. The van der Waals surface area contributed by atoms with Crippen LogP contribution < -0.4 is 0 Å². The number of aromatic amines is 1. The number of aryl methyl sites for hydroxylation is 2. The first-order chi connectivity index (χ1) is 9.15. The molecule has 0 aliphatic rings. The fourth-order valence-electron chi connectivity index (χ4n) is 2.49. The number of hydrogen-bond donors (Lipinski definition) is 1. The Bertz CT molecular complexity index is 593. The average molecular weight is 277 g/mol. The standard InChI is InChI=1S/C15H23N3S/c1-4-17(5-2)9-6-10-18-14-8-7-12(3)11-13(14)16-15(18)19/h7-8,11H,4-6,9-10H2,1-3H3,(H,16,19). The summed E-state index contributed by atoms with van der Waals surface area (Å²) in [5, 5.41) is 0. The third kappa shape index (κ3) is 3.25. The van der Waals surface area contributed by atoms with Crippen LogP contribution in [-0.4, -0.2) is 34.1 Å². The van der Waals surface area contributed by atoms with Gasteiger partial charge in [-0.25, -0.2) is 0 Å². The van der Waals surface area contributed by atoms with Gasteiger partial charge in [-0.2, -0.15) is 0 Å². The van der Waals surface area contributed by atoms with Gasteiger partial charge < -0.3 is 14.5 Å². The van der Waals surface area contributed by atoms with E-state index in [1.165, 1.54) is 11.1 Å². The largest absolute Gasteiger partial charge is 0.331 e. The van der Waals surface area contributed by atoms with Crippen LogP contribution in [0.25, 0.3) is 11.0 Å². The van der Waals surface area contributed by atoms with E-state index in [4.69, 9.17) is 12.2 Å². The van der Waals surface area contributed by atoms with Gasteiger partial charge in [-0.15, -0.1) is 0 Å². The first-order valence-corrected chi connectivity index (χ1v) is 7.48. The molecule has 3 nitrogen and oxygen atoms in total. The van der Waals surface area contributed by atoms with E-state index in [0.717, 1.165) is 42.9 Å². The van der Waals surface area contributed by atoms with Gasteiger partial charge in [0.2, 0.25) is 0 Å². The van der Waals surface area contributed by atoms with Crippen molar-refractivity contribution in [2.45, 2.75) is 33.7 Å². The average Bonchev–Trinajstić information content (AvgIpc) is 2.70. The molecule has 4 heteroatoms. The van der Waals surface area contributed by atoms with Gasteiger partial charge >= 0.3 is 0 Å². The summed E-state index contributed by atoms with van der Waals surface area (Å²) >= 11 is 5.43. The lowest BCUT2D eigenvalue weighted by Crippen LogP contribution is -2.24. The van der Waals surface area contributed by atoms with Crippen LogP contribution >= 0.6 is 12.2 Å². The van der Waals surface area contributed by atoms with Crippen LogP contribution in [0.15, 0.2) is 18.2 Å². The molecule has 0 spiro atoms. The van der Waals surface area contributed by atoms with Gasteiger partial charge in [-0.3, -0.25) is 0 Å². The lowest BCUT2D eigenvalue weighted by molar-refractivity contribution is 0.293. The minimum Gasteiger partial charge on any atom is -0.331 e. The Labute approximate surface area is 120 Å². The molecule has 1 aromatic heterocycles. The molecule has 1 N–H and O–H groups in total. The van der Waals surface area contributed by atoms with Crippen LogP contribution in [0.5, 0.6) is 0 Å². The molecule has 2 aromatic rings. The second-order valence-corrected chi connectivity index (χ2v) is 5.37. The number of aromatic nitrogens is 2. The van der Waals surface area contributed by atoms with Crippen LogP contribution in [-0.2, 0) is 6.54 Å². The summed E-state index contributed by atoms with van der Waals surface area (Å²) in [6.45, 7) is 10.9. The number of fused-ring (bicyclic) bond motifs is 1. The molecule has 0 amide bonds. The highest BCUT2D eigenvalue weighted by Crippen LogP contribution is 2.16. The van der Waals surface area contributed by atoms with Gasteiger partial charge in [-0.1, -0.05) is 19.9 Å². The third-order valence-corrected chi connectivity index (χ3v) is 4.00. The highest BCUT2D eigenvalue weighted by Gasteiger charge is 2.05. The summed E-state index contributed by atoms with van der Waals surface area (Å²) in [5.74, 6) is 0. The maximum absolute atomic E-state index is 5.43. The summed E-state index contributed by atoms with van der Waals surface area (Å²) in [5.41, 5.74) is 3.63. The number of benzene rings is 1. The number of rotatable bonds is 6. The molecule has 1 aromatic carbocycles. The molecule has 2 rings (SSSR count). The fraction of sp³-hybridized carbons (Fsp3) is 0.533. The van der Waals surface area contributed by atoms with Crippen molar-refractivity contribution < 1.29 is 0 Å². The molecule has 0 aliphatic carbocycles. The molecule has 0 radical (unpaired) electrons. The quantitative estimate of drug-likeness (QED) is 0.813. The highest BCUT2D eigenvalue weighted by atomic mass is 32.1. The Hall–Kier alpha value is -1.13. The summed E-state index contributed by atoms with van der Waals surface area (Å²) < 4.78 is 3.05. The maximum Gasteiger partial charge on any atom is 0.178 e. The van der Waals surface area contributed by atoms with Gasteiger partial charge in [0, 0.05) is 6.54 Å². The minimum absolute atomic E-state index is 0.833. The molecule has 0 saturated heterocycles. The van der Waals surface area contributed by atoms with Crippen molar-refractivity contribution >= 4 is 23.3 Å². The van der Waals surface area contributed by atoms with E-state index in [1.54, 1.807) is 0 Å². The predicted octanol–water partition coefficient (Wildman–Crippen LogP) is 3.74. The van der Waals surface area contributed by atoms with E-state index in [2.05, 4.69) is 53.4 Å². The molecule has 1 heterocycles. The van der Waals surface area contributed by atoms with E-state index >= 15 is 0 Å². The number of H-pyrrole nitrogens is 1. The zero-order chi connectivity index (χ0) is 13.8. The number of nitrogens with one attached hydrogen (secondary N) is 1. The smallest absolute Gasteiger partial charge is 0.178 e. The summed E-state index contributed by atoms with van der Waals surface area (Å²) in [4.78, 5) is 5.75.